The van der Waals surface area contributed by atoms with Gasteiger partial charge in [-0.05, 0) is 31.2 Å². The number of aryl methyl sites for hydroxylation is 1. The number of rotatable bonds is 3. The summed E-state index contributed by atoms with van der Waals surface area (Å²) in [6.45, 7) is 1.76. The second-order valence-electron chi connectivity index (χ2n) is 5.87. The molecule has 0 saturated heterocycles. The van der Waals surface area contributed by atoms with Gasteiger partial charge in [0.2, 0.25) is 23.2 Å². The standard InChI is InChI=1S/C18H13N5O4/c1-9-6-7-11(10(8-9)17(26)27)21-22-14-15(24)20-18-19-12-4-2-3-5-13(12)23(18)16(14)25/h2-8,25H,1H3,(H,26,27)(H,19,20,24)/b22-21+. The smallest absolute Gasteiger partial charge is 0.337 e. The summed E-state index contributed by atoms with van der Waals surface area (Å²) in [6, 6.07) is 11.7. The highest BCUT2D eigenvalue weighted by atomic mass is 16.4. The lowest BCUT2D eigenvalue weighted by Gasteiger charge is -2.05. The van der Waals surface area contributed by atoms with Crippen LogP contribution < -0.4 is 0 Å². The molecule has 2 heterocycles. The number of hydrogen-bond acceptors (Lipinski definition) is 7. The lowest BCUT2D eigenvalue weighted by molar-refractivity contribution is 0.0697. The minimum Gasteiger partial charge on any atom is -0.492 e. The van der Waals surface area contributed by atoms with E-state index < -0.39 is 17.7 Å². The van der Waals surface area contributed by atoms with Gasteiger partial charge in [-0.1, -0.05) is 23.8 Å². The molecule has 0 bridgehead atoms. The van der Waals surface area contributed by atoms with Crippen molar-refractivity contribution in [3.8, 4) is 11.8 Å². The zero-order chi connectivity index (χ0) is 19.1. The molecule has 9 heteroatoms. The Morgan fingerprint density at radius 3 is 2.63 bits per heavy atom. The zero-order valence-corrected chi connectivity index (χ0v) is 14.0. The molecular formula is C18H13N5O4. The van der Waals surface area contributed by atoms with E-state index in [9.17, 15) is 20.1 Å². The third-order valence-corrected chi connectivity index (χ3v) is 4.02. The number of aromatic nitrogens is 3. The van der Waals surface area contributed by atoms with Crippen molar-refractivity contribution < 1.29 is 20.1 Å². The monoisotopic (exact) mass is 363 g/mol. The van der Waals surface area contributed by atoms with E-state index in [1.807, 2.05) is 0 Å². The van der Waals surface area contributed by atoms with Crippen LogP contribution in [0.25, 0.3) is 16.8 Å². The van der Waals surface area contributed by atoms with Crippen LogP contribution in [-0.4, -0.2) is 35.7 Å². The van der Waals surface area contributed by atoms with Crippen LogP contribution in [0.2, 0.25) is 0 Å². The van der Waals surface area contributed by atoms with Crippen molar-refractivity contribution in [2.45, 2.75) is 6.92 Å². The highest BCUT2D eigenvalue weighted by Crippen LogP contribution is 2.38. The van der Waals surface area contributed by atoms with Crippen molar-refractivity contribution in [3.05, 3.63) is 53.6 Å². The second-order valence-corrected chi connectivity index (χ2v) is 5.87. The maximum Gasteiger partial charge on any atom is 0.337 e. The average molecular weight is 363 g/mol. The topological polar surface area (TPSA) is 133 Å². The molecule has 0 fully saturated rings. The first-order chi connectivity index (χ1) is 13.0. The van der Waals surface area contributed by atoms with Gasteiger partial charge >= 0.3 is 5.97 Å². The number of aromatic carboxylic acids is 1. The van der Waals surface area contributed by atoms with Gasteiger partial charge in [0, 0.05) is 0 Å². The Kier molecular flexibility index (Phi) is 3.69. The Labute approximate surface area is 151 Å². The van der Waals surface area contributed by atoms with Crippen molar-refractivity contribution >= 4 is 34.2 Å². The summed E-state index contributed by atoms with van der Waals surface area (Å²) in [4.78, 5) is 19.5. The van der Waals surface area contributed by atoms with Crippen LogP contribution in [-0.2, 0) is 0 Å². The number of carbonyl (C=O) groups is 1. The molecular weight excluding hydrogens is 350 g/mol. The van der Waals surface area contributed by atoms with Crippen LogP contribution in [0.5, 0.6) is 11.8 Å². The first kappa shape index (κ1) is 16.5. The van der Waals surface area contributed by atoms with E-state index in [1.165, 1.54) is 16.5 Å². The maximum absolute atomic E-state index is 11.4. The number of carboxylic acid groups (broad SMARTS) is 1. The van der Waals surface area contributed by atoms with Crippen LogP contribution in [0, 0.1) is 6.92 Å². The molecule has 0 aliphatic rings. The lowest BCUT2D eigenvalue weighted by Crippen LogP contribution is -1.97. The van der Waals surface area contributed by atoms with E-state index in [4.69, 9.17) is 0 Å². The number of aromatic hydroxyl groups is 2. The van der Waals surface area contributed by atoms with Crippen molar-refractivity contribution in [2.75, 3.05) is 0 Å². The maximum atomic E-state index is 11.4. The van der Waals surface area contributed by atoms with Crippen LogP contribution in [0.15, 0.2) is 52.7 Å². The summed E-state index contributed by atoms with van der Waals surface area (Å²) in [5, 5.41) is 37.7. The van der Waals surface area contributed by atoms with Crippen molar-refractivity contribution in [1.29, 1.82) is 0 Å². The lowest BCUT2D eigenvalue weighted by atomic mass is 10.1. The van der Waals surface area contributed by atoms with Gasteiger partial charge < -0.3 is 15.3 Å². The first-order valence-electron chi connectivity index (χ1n) is 7.90. The molecule has 0 atom stereocenters. The molecule has 3 N–H and O–H groups in total. The van der Waals surface area contributed by atoms with Gasteiger partial charge in [-0.3, -0.25) is 0 Å². The Morgan fingerprint density at radius 2 is 1.85 bits per heavy atom. The number of fused-ring (bicyclic) bond motifs is 3. The van der Waals surface area contributed by atoms with Gasteiger partial charge in [0.15, 0.2) is 0 Å². The largest absolute Gasteiger partial charge is 0.492 e. The van der Waals surface area contributed by atoms with Crippen LogP contribution in [0.3, 0.4) is 0 Å². The Balaban J connectivity index is 1.89. The predicted octanol–water partition coefficient (Wildman–Crippen LogP) is 3.72. The number of nitrogens with zero attached hydrogens (tertiary/aromatic N) is 5. The molecule has 0 radical (unpaired) electrons. The van der Waals surface area contributed by atoms with E-state index in [1.54, 1.807) is 37.3 Å². The third-order valence-electron chi connectivity index (χ3n) is 4.02. The van der Waals surface area contributed by atoms with Gasteiger partial charge in [-0.2, -0.15) is 4.98 Å². The molecule has 0 amide bonds. The minimum absolute atomic E-state index is 0.0418. The zero-order valence-electron chi connectivity index (χ0n) is 14.0. The number of azo groups is 1. The average Bonchev–Trinajstić information content (AvgIpc) is 3.00. The van der Waals surface area contributed by atoms with Crippen LogP contribution in [0.4, 0.5) is 11.4 Å². The molecule has 0 saturated carbocycles. The molecule has 0 unspecified atom stereocenters. The highest BCUT2D eigenvalue weighted by Gasteiger charge is 2.18. The van der Waals surface area contributed by atoms with Crippen molar-refractivity contribution in [3.63, 3.8) is 0 Å². The van der Waals surface area contributed by atoms with Crippen LogP contribution >= 0.6 is 0 Å². The molecule has 134 valence electrons. The number of para-hydroxylation sites is 2. The number of carboxylic acids is 1. The van der Waals surface area contributed by atoms with E-state index in [0.29, 0.717) is 11.0 Å². The van der Waals surface area contributed by atoms with E-state index in [-0.39, 0.29) is 22.7 Å². The molecule has 0 spiro atoms. The molecule has 4 rings (SSSR count). The number of benzene rings is 2. The molecule has 27 heavy (non-hydrogen) atoms. The number of imidazole rings is 1. The molecule has 0 aliphatic carbocycles. The van der Waals surface area contributed by atoms with Crippen LogP contribution in [0.1, 0.15) is 15.9 Å². The van der Waals surface area contributed by atoms with E-state index >= 15 is 0 Å². The number of hydrogen-bond donors (Lipinski definition) is 3. The molecule has 4 aromatic rings. The summed E-state index contributed by atoms with van der Waals surface area (Å²) in [5.74, 6) is -2.02. The molecule has 2 aromatic carbocycles. The Hall–Kier alpha value is -4.01. The first-order valence-corrected chi connectivity index (χ1v) is 7.90. The van der Waals surface area contributed by atoms with Gasteiger partial charge in [0.1, 0.15) is 5.69 Å². The van der Waals surface area contributed by atoms with Gasteiger partial charge in [0.25, 0.3) is 0 Å². The van der Waals surface area contributed by atoms with Crippen molar-refractivity contribution in [1.82, 2.24) is 14.4 Å². The van der Waals surface area contributed by atoms with E-state index in [2.05, 4.69) is 20.2 Å². The summed E-state index contributed by atoms with van der Waals surface area (Å²) in [6.07, 6.45) is 0. The summed E-state index contributed by atoms with van der Waals surface area (Å²) >= 11 is 0. The summed E-state index contributed by atoms with van der Waals surface area (Å²) < 4.78 is 1.33. The normalized spacial score (nSPS) is 11.6. The predicted molar refractivity (Wildman–Crippen MR) is 96.1 cm³/mol. The summed E-state index contributed by atoms with van der Waals surface area (Å²) in [5.41, 5.74) is 1.67. The SMILES string of the molecule is Cc1ccc(/N=N/c2c(O)nc3nc4ccccc4n3c2O)c(C(=O)O)c1. The fourth-order valence-electron chi connectivity index (χ4n) is 2.75. The molecule has 0 aliphatic heterocycles. The van der Waals surface area contributed by atoms with Gasteiger partial charge in [-0.25, -0.2) is 14.2 Å². The summed E-state index contributed by atoms with van der Waals surface area (Å²) in [7, 11) is 0. The van der Waals surface area contributed by atoms with Gasteiger partial charge in [-0.15, -0.1) is 10.2 Å². The van der Waals surface area contributed by atoms with E-state index in [0.717, 1.165) is 5.56 Å². The quantitative estimate of drug-likeness (QED) is 0.475. The Bertz CT molecular complexity index is 1250. The second kappa shape index (κ2) is 6.06. The minimum atomic E-state index is -1.16. The molecule has 9 nitrogen and oxygen atoms in total. The highest BCUT2D eigenvalue weighted by molar-refractivity contribution is 5.93. The fraction of sp³-hybridized carbons (Fsp3) is 0.0556. The fourth-order valence-corrected chi connectivity index (χ4v) is 2.75. The Morgan fingerprint density at radius 1 is 1.07 bits per heavy atom. The molecule has 2 aromatic heterocycles. The van der Waals surface area contributed by atoms with Gasteiger partial charge in [0.05, 0.1) is 16.6 Å². The third kappa shape index (κ3) is 2.71. The van der Waals surface area contributed by atoms with Crippen molar-refractivity contribution in [2.24, 2.45) is 10.2 Å².